The van der Waals surface area contributed by atoms with E-state index in [0.717, 1.165) is 4.88 Å². The van der Waals surface area contributed by atoms with Crippen molar-refractivity contribution in [3.05, 3.63) is 40.7 Å². The number of rotatable bonds is 5. The van der Waals surface area contributed by atoms with E-state index in [-0.39, 0.29) is 16.8 Å². The minimum Gasteiger partial charge on any atom is -0.396 e. The Morgan fingerprint density at radius 2 is 2.21 bits per heavy atom. The molecule has 0 radical (unpaired) electrons. The van der Waals surface area contributed by atoms with Gasteiger partial charge in [-0.05, 0) is 30.0 Å². The van der Waals surface area contributed by atoms with Crippen molar-refractivity contribution in [3.8, 4) is 0 Å². The second-order valence-corrected chi connectivity index (χ2v) is 6.60. The van der Waals surface area contributed by atoms with Crippen LogP contribution in [0.15, 0.2) is 40.9 Å². The Hall–Kier alpha value is -1.44. The molecular formula is C12H15N3O2S2. The van der Waals surface area contributed by atoms with Crippen molar-refractivity contribution in [2.24, 2.45) is 0 Å². The standard InChI is InChI=1S/C12H15N3O2S2/c1-2-10(11-6-4-8-18-11)15-19(16,17)12-9(13)5-3-7-14-12/h3-8,10,15H,2,13H2,1H3. The van der Waals surface area contributed by atoms with Crippen molar-refractivity contribution in [2.75, 3.05) is 5.73 Å². The lowest BCUT2D eigenvalue weighted by Crippen LogP contribution is -2.29. The average Bonchev–Trinajstić information content (AvgIpc) is 2.90. The molecule has 0 aliphatic heterocycles. The van der Waals surface area contributed by atoms with Crippen molar-refractivity contribution in [3.63, 3.8) is 0 Å². The Labute approximate surface area is 116 Å². The summed E-state index contributed by atoms with van der Waals surface area (Å²) in [6.07, 6.45) is 2.07. The predicted octanol–water partition coefficient (Wildman–Crippen LogP) is 2.15. The number of sulfonamides is 1. The van der Waals surface area contributed by atoms with E-state index in [1.165, 1.54) is 23.6 Å². The first-order chi connectivity index (χ1) is 9.04. The molecule has 0 amide bonds. The number of thiophene rings is 1. The molecule has 0 saturated heterocycles. The van der Waals surface area contributed by atoms with E-state index in [2.05, 4.69) is 9.71 Å². The molecule has 5 nitrogen and oxygen atoms in total. The molecule has 19 heavy (non-hydrogen) atoms. The molecule has 102 valence electrons. The first-order valence-electron chi connectivity index (χ1n) is 5.81. The van der Waals surface area contributed by atoms with E-state index >= 15 is 0 Å². The summed E-state index contributed by atoms with van der Waals surface area (Å²) >= 11 is 1.52. The molecule has 0 fully saturated rings. The SMILES string of the molecule is CCC(NS(=O)(=O)c1ncccc1N)c1cccs1. The quantitative estimate of drug-likeness (QED) is 0.885. The Kier molecular flexibility index (Phi) is 4.18. The summed E-state index contributed by atoms with van der Waals surface area (Å²) in [6, 6.07) is 6.67. The molecular weight excluding hydrogens is 282 g/mol. The number of hydrogen-bond acceptors (Lipinski definition) is 5. The topological polar surface area (TPSA) is 85.1 Å². The molecule has 0 aliphatic carbocycles. The van der Waals surface area contributed by atoms with E-state index in [1.807, 2.05) is 24.4 Å². The van der Waals surface area contributed by atoms with E-state index in [4.69, 9.17) is 5.73 Å². The number of pyridine rings is 1. The molecule has 2 rings (SSSR count). The van der Waals surface area contributed by atoms with Crippen molar-refractivity contribution in [1.29, 1.82) is 0 Å². The monoisotopic (exact) mass is 297 g/mol. The van der Waals surface area contributed by atoms with E-state index in [0.29, 0.717) is 6.42 Å². The number of nitrogens with two attached hydrogens (primary N) is 1. The van der Waals surface area contributed by atoms with Gasteiger partial charge in [0.2, 0.25) is 0 Å². The summed E-state index contributed by atoms with van der Waals surface area (Å²) in [5.74, 6) is 0. The van der Waals surface area contributed by atoms with Crippen LogP contribution >= 0.6 is 11.3 Å². The van der Waals surface area contributed by atoms with Crippen LogP contribution in [0.25, 0.3) is 0 Å². The normalized spacial score (nSPS) is 13.3. The second kappa shape index (κ2) is 5.68. The Morgan fingerprint density at radius 3 is 2.79 bits per heavy atom. The average molecular weight is 297 g/mol. The van der Waals surface area contributed by atoms with Crippen molar-refractivity contribution in [2.45, 2.75) is 24.4 Å². The van der Waals surface area contributed by atoms with Crippen LogP contribution in [-0.2, 0) is 10.0 Å². The lowest BCUT2D eigenvalue weighted by molar-refractivity contribution is 0.550. The highest BCUT2D eigenvalue weighted by Gasteiger charge is 2.23. The minimum atomic E-state index is -3.71. The van der Waals surface area contributed by atoms with Gasteiger partial charge in [0.15, 0.2) is 5.03 Å². The third-order valence-corrected chi connectivity index (χ3v) is 5.08. The summed E-state index contributed by atoms with van der Waals surface area (Å²) < 4.78 is 27.2. The van der Waals surface area contributed by atoms with Gasteiger partial charge in [-0.2, -0.15) is 0 Å². The molecule has 7 heteroatoms. The van der Waals surface area contributed by atoms with Crippen LogP contribution in [0.3, 0.4) is 0 Å². The zero-order chi connectivity index (χ0) is 13.9. The van der Waals surface area contributed by atoms with Gasteiger partial charge in [-0.15, -0.1) is 11.3 Å². The van der Waals surface area contributed by atoms with E-state index in [1.54, 1.807) is 6.07 Å². The molecule has 2 aromatic rings. The fraction of sp³-hybridized carbons (Fsp3) is 0.250. The number of hydrogen-bond donors (Lipinski definition) is 2. The fourth-order valence-corrected chi connectivity index (χ4v) is 4.00. The fourth-order valence-electron chi connectivity index (χ4n) is 1.70. The lowest BCUT2D eigenvalue weighted by Gasteiger charge is -2.15. The highest BCUT2D eigenvalue weighted by atomic mass is 32.2. The third kappa shape index (κ3) is 3.12. The molecule has 2 aromatic heterocycles. The summed E-state index contributed by atoms with van der Waals surface area (Å²) in [5.41, 5.74) is 5.81. The van der Waals surface area contributed by atoms with Gasteiger partial charge in [-0.25, -0.2) is 18.1 Å². The molecule has 0 aliphatic rings. The van der Waals surface area contributed by atoms with Gasteiger partial charge in [-0.1, -0.05) is 13.0 Å². The van der Waals surface area contributed by atoms with Crippen LogP contribution < -0.4 is 10.5 Å². The first-order valence-corrected chi connectivity index (χ1v) is 8.17. The highest BCUT2D eigenvalue weighted by molar-refractivity contribution is 7.89. The first kappa shape index (κ1) is 14.0. The maximum absolute atomic E-state index is 12.3. The zero-order valence-electron chi connectivity index (χ0n) is 10.4. The van der Waals surface area contributed by atoms with E-state index < -0.39 is 10.0 Å². The van der Waals surface area contributed by atoms with Crippen LogP contribution in [0, 0.1) is 0 Å². The van der Waals surface area contributed by atoms with Gasteiger partial charge in [0.05, 0.1) is 11.7 Å². The number of nitrogen functional groups attached to an aromatic ring is 1. The largest absolute Gasteiger partial charge is 0.396 e. The molecule has 0 bridgehead atoms. The van der Waals surface area contributed by atoms with Gasteiger partial charge >= 0.3 is 0 Å². The van der Waals surface area contributed by atoms with Crippen molar-refractivity contribution >= 4 is 27.0 Å². The van der Waals surface area contributed by atoms with Gasteiger partial charge < -0.3 is 5.73 Å². The number of anilines is 1. The van der Waals surface area contributed by atoms with Crippen molar-refractivity contribution < 1.29 is 8.42 Å². The molecule has 0 saturated carbocycles. The number of nitrogens with one attached hydrogen (secondary N) is 1. The van der Waals surface area contributed by atoms with E-state index in [9.17, 15) is 8.42 Å². The summed E-state index contributed by atoms with van der Waals surface area (Å²) in [7, 11) is -3.71. The highest BCUT2D eigenvalue weighted by Crippen LogP contribution is 2.24. The Morgan fingerprint density at radius 1 is 1.42 bits per heavy atom. The van der Waals surface area contributed by atoms with Crippen molar-refractivity contribution in [1.82, 2.24) is 9.71 Å². The molecule has 0 spiro atoms. The molecule has 1 unspecified atom stereocenters. The minimum absolute atomic E-state index is 0.120. The molecule has 3 N–H and O–H groups in total. The molecule has 1 atom stereocenters. The molecule has 2 heterocycles. The Bertz CT molecular complexity index is 639. The van der Waals surface area contributed by atoms with Crippen LogP contribution in [0.1, 0.15) is 24.3 Å². The summed E-state index contributed by atoms with van der Waals surface area (Å²) in [6.45, 7) is 1.93. The number of aromatic nitrogens is 1. The van der Waals surface area contributed by atoms with Crippen LogP contribution in [0.2, 0.25) is 0 Å². The maximum Gasteiger partial charge on any atom is 0.260 e. The third-order valence-electron chi connectivity index (χ3n) is 2.65. The van der Waals surface area contributed by atoms with Crippen LogP contribution in [0.4, 0.5) is 5.69 Å². The van der Waals surface area contributed by atoms with Crippen LogP contribution in [0.5, 0.6) is 0 Å². The van der Waals surface area contributed by atoms with Gasteiger partial charge in [-0.3, -0.25) is 0 Å². The van der Waals surface area contributed by atoms with Crippen LogP contribution in [-0.4, -0.2) is 13.4 Å². The lowest BCUT2D eigenvalue weighted by atomic mass is 10.2. The van der Waals surface area contributed by atoms with Gasteiger partial charge in [0.25, 0.3) is 10.0 Å². The maximum atomic E-state index is 12.3. The van der Waals surface area contributed by atoms with Gasteiger partial charge in [0, 0.05) is 11.1 Å². The number of nitrogens with zero attached hydrogens (tertiary/aromatic N) is 1. The smallest absolute Gasteiger partial charge is 0.260 e. The second-order valence-electron chi connectivity index (χ2n) is 4.00. The molecule has 0 aromatic carbocycles. The van der Waals surface area contributed by atoms with Gasteiger partial charge in [0.1, 0.15) is 0 Å². The Balaban J connectivity index is 2.29. The summed E-state index contributed by atoms with van der Waals surface area (Å²) in [5, 5.41) is 1.80. The zero-order valence-corrected chi connectivity index (χ0v) is 12.0. The summed E-state index contributed by atoms with van der Waals surface area (Å²) in [4.78, 5) is 4.82. The predicted molar refractivity (Wildman–Crippen MR) is 76.3 cm³/mol.